The molecule has 0 unspecified atom stereocenters. The first kappa shape index (κ1) is 15.3. The molecular formula is C15H25N5O2. The average Bonchev–Trinajstić information content (AvgIpc) is 3.08. The summed E-state index contributed by atoms with van der Waals surface area (Å²) in [7, 11) is 1.67. The Morgan fingerprint density at radius 3 is 3.14 bits per heavy atom. The van der Waals surface area contributed by atoms with Crippen LogP contribution in [0.3, 0.4) is 0 Å². The highest BCUT2D eigenvalue weighted by atomic mass is 16.5. The molecule has 7 heteroatoms. The topological polar surface area (TPSA) is 62.6 Å². The number of likely N-dealkylation sites (tertiary alicyclic amines) is 1. The third kappa shape index (κ3) is 2.96. The van der Waals surface area contributed by atoms with E-state index in [4.69, 9.17) is 4.74 Å². The van der Waals surface area contributed by atoms with Crippen molar-refractivity contribution in [3.8, 4) is 0 Å². The highest BCUT2D eigenvalue weighted by Crippen LogP contribution is 2.23. The zero-order valence-electron chi connectivity index (χ0n) is 13.4. The van der Waals surface area contributed by atoms with Gasteiger partial charge in [0.25, 0.3) is 0 Å². The molecule has 2 aliphatic heterocycles. The fourth-order valence-electron chi connectivity index (χ4n) is 3.52. The predicted octanol–water partition coefficient (Wildman–Crippen LogP) is 0.518. The minimum Gasteiger partial charge on any atom is -0.383 e. The molecule has 0 radical (unpaired) electrons. The number of aryl methyl sites for hydroxylation is 1. The number of methoxy groups -OCH3 is 1. The molecule has 1 N–H and O–H groups in total. The largest absolute Gasteiger partial charge is 0.383 e. The Balaban J connectivity index is 1.59. The summed E-state index contributed by atoms with van der Waals surface area (Å²) in [6.07, 6.45) is 2.86. The van der Waals surface area contributed by atoms with E-state index in [9.17, 15) is 4.79 Å². The molecule has 2 fully saturated rings. The summed E-state index contributed by atoms with van der Waals surface area (Å²) >= 11 is 0. The molecule has 0 aliphatic carbocycles. The molecule has 22 heavy (non-hydrogen) atoms. The molecule has 0 bridgehead atoms. The molecular weight excluding hydrogens is 282 g/mol. The van der Waals surface area contributed by atoms with Gasteiger partial charge in [0.05, 0.1) is 24.4 Å². The number of hydrogen-bond donors (Lipinski definition) is 1. The predicted molar refractivity (Wildman–Crippen MR) is 82.5 cm³/mol. The number of rotatable bonds is 6. The van der Waals surface area contributed by atoms with Crippen molar-refractivity contribution in [2.45, 2.75) is 38.5 Å². The van der Waals surface area contributed by atoms with E-state index in [1.54, 1.807) is 7.11 Å². The van der Waals surface area contributed by atoms with E-state index < -0.39 is 0 Å². The van der Waals surface area contributed by atoms with Gasteiger partial charge in [0.15, 0.2) is 0 Å². The first-order valence-corrected chi connectivity index (χ1v) is 8.02. The number of ether oxygens (including phenoxy) is 1. The standard InChI is InChI=1S/C15H25N5O2/c1-3-20-12(4-6-16-20)10-18-7-5-14-13(11-18)17-15(21)19(14)8-9-22-2/h4,6,13-14H,3,5,7-11H2,1-2H3,(H,17,21)/t13-,14+/m1/s1. The maximum Gasteiger partial charge on any atom is 0.318 e. The molecule has 0 aromatic carbocycles. The highest BCUT2D eigenvalue weighted by Gasteiger charge is 2.42. The van der Waals surface area contributed by atoms with Crippen LogP contribution in [-0.2, 0) is 17.8 Å². The molecule has 2 atom stereocenters. The van der Waals surface area contributed by atoms with Crippen molar-refractivity contribution in [3.05, 3.63) is 18.0 Å². The van der Waals surface area contributed by atoms with Crippen molar-refractivity contribution in [3.63, 3.8) is 0 Å². The molecule has 0 saturated carbocycles. The van der Waals surface area contributed by atoms with Gasteiger partial charge in [-0.2, -0.15) is 5.10 Å². The van der Waals surface area contributed by atoms with Crippen LogP contribution < -0.4 is 5.32 Å². The monoisotopic (exact) mass is 307 g/mol. The molecule has 3 rings (SSSR count). The first-order valence-electron chi connectivity index (χ1n) is 8.02. The summed E-state index contributed by atoms with van der Waals surface area (Å²) in [5, 5.41) is 7.44. The van der Waals surface area contributed by atoms with E-state index >= 15 is 0 Å². The van der Waals surface area contributed by atoms with Gasteiger partial charge < -0.3 is 15.0 Å². The van der Waals surface area contributed by atoms with E-state index in [1.165, 1.54) is 5.69 Å². The second kappa shape index (κ2) is 6.66. The van der Waals surface area contributed by atoms with E-state index in [1.807, 2.05) is 15.8 Å². The van der Waals surface area contributed by atoms with E-state index in [2.05, 4.69) is 28.3 Å². The summed E-state index contributed by atoms with van der Waals surface area (Å²) in [6, 6.07) is 2.65. The smallest absolute Gasteiger partial charge is 0.318 e. The van der Waals surface area contributed by atoms with Gasteiger partial charge in [-0.25, -0.2) is 4.79 Å². The average molecular weight is 307 g/mol. The maximum absolute atomic E-state index is 12.1. The van der Waals surface area contributed by atoms with Gasteiger partial charge in [-0.3, -0.25) is 9.58 Å². The summed E-state index contributed by atoms with van der Waals surface area (Å²) in [6.45, 7) is 7.06. The molecule has 2 aliphatic rings. The Labute approximate surface area is 131 Å². The van der Waals surface area contributed by atoms with Gasteiger partial charge in [-0.1, -0.05) is 0 Å². The maximum atomic E-state index is 12.1. The Kier molecular flexibility index (Phi) is 4.63. The number of nitrogens with zero attached hydrogens (tertiary/aromatic N) is 4. The minimum absolute atomic E-state index is 0.0486. The third-order valence-electron chi connectivity index (χ3n) is 4.66. The number of hydrogen-bond acceptors (Lipinski definition) is 4. The second-order valence-corrected chi connectivity index (χ2v) is 5.97. The van der Waals surface area contributed by atoms with Crippen molar-refractivity contribution in [2.24, 2.45) is 0 Å². The second-order valence-electron chi connectivity index (χ2n) is 5.97. The Bertz CT molecular complexity index is 518. The van der Waals surface area contributed by atoms with Crippen LogP contribution in [0.2, 0.25) is 0 Å². The number of aromatic nitrogens is 2. The highest BCUT2D eigenvalue weighted by molar-refractivity contribution is 5.77. The van der Waals surface area contributed by atoms with Crippen molar-refractivity contribution in [1.82, 2.24) is 24.9 Å². The summed E-state index contributed by atoms with van der Waals surface area (Å²) in [4.78, 5) is 16.4. The van der Waals surface area contributed by atoms with Crippen molar-refractivity contribution in [1.29, 1.82) is 0 Å². The van der Waals surface area contributed by atoms with Crippen LogP contribution in [0.4, 0.5) is 4.79 Å². The molecule has 122 valence electrons. The van der Waals surface area contributed by atoms with E-state index in [0.29, 0.717) is 19.2 Å². The zero-order valence-corrected chi connectivity index (χ0v) is 13.4. The number of carbonyl (C=O) groups excluding carboxylic acids is 1. The number of piperidine rings is 1. The van der Waals surface area contributed by atoms with E-state index in [-0.39, 0.29) is 12.1 Å². The van der Waals surface area contributed by atoms with Crippen molar-refractivity contribution in [2.75, 3.05) is 33.4 Å². The lowest BCUT2D eigenvalue weighted by atomic mass is 10.00. The lowest BCUT2D eigenvalue weighted by molar-refractivity contribution is 0.110. The number of carbonyl (C=O) groups is 1. The lowest BCUT2D eigenvalue weighted by Crippen LogP contribution is -2.51. The summed E-state index contributed by atoms with van der Waals surface area (Å²) < 4.78 is 7.14. The summed E-state index contributed by atoms with van der Waals surface area (Å²) in [5.41, 5.74) is 1.24. The fourth-order valence-corrected chi connectivity index (χ4v) is 3.52. The zero-order chi connectivity index (χ0) is 15.5. The molecule has 2 saturated heterocycles. The van der Waals surface area contributed by atoms with Gasteiger partial charge in [0, 0.05) is 46.0 Å². The molecule has 7 nitrogen and oxygen atoms in total. The van der Waals surface area contributed by atoms with Gasteiger partial charge in [0.1, 0.15) is 0 Å². The Hall–Kier alpha value is -1.60. The minimum atomic E-state index is 0.0486. The number of urea groups is 1. The fraction of sp³-hybridized carbons (Fsp3) is 0.733. The van der Waals surface area contributed by atoms with Crippen LogP contribution >= 0.6 is 0 Å². The van der Waals surface area contributed by atoms with Crippen LogP contribution in [0.25, 0.3) is 0 Å². The van der Waals surface area contributed by atoms with Gasteiger partial charge in [-0.15, -0.1) is 0 Å². The summed E-state index contributed by atoms with van der Waals surface area (Å²) in [5.74, 6) is 0. The van der Waals surface area contributed by atoms with Crippen molar-refractivity contribution < 1.29 is 9.53 Å². The molecule has 1 aromatic rings. The quantitative estimate of drug-likeness (QED) is 0.832. The van der Waals surface area contributed by atoms with Crippen LogP contribution in [-0.4, -0.2) is 71.0 Å². The normalized spacial score (nSPS) is 25.4. The molecule has 1 aromatic heterocycles. The van der Waals surface area contributed by atoms with Crippen LogP contribution in [0, 0.1) is 0 Å². The Morgan fingerprint density at radius 2 is 2.36 bits per heavy atom. The van der Waals surface area contributed by atoms with Crippen LogP contribution in [0.15, 0.2) is 12.3 Å². The molecule has 0 spiro atoms. The number of amides is 2. The Morgan fingerprint density at radius 1 is 1.50 bits per heavy atom. The van der Waals surface area contributed by atoms with Gasteiger partial charge in [0.2, 0.25) is 0 Å². The van der Waals surface area contributed by atoms with Gasteiger partial charge >= 0.3 is 6.03 Å². The number of fused-ring (bicyclic) bond motifs is 1. The van der Waals surface area contributed by atoms with Gasteiger partial charge in [-0.05, 0) is 19.4 Å². The van der Waals surface area contributed by atoms with Crippen LogP contribution in [0.5, 0.6) is 0 Å². The first-order chi connectivity index (χ1) is 10.7. The van der Waals surface area contributed by atoms with E-state index in [0.717, 1.165) is 32.6 Å². The molecule has 3 heterocycles. The molecule has 2 amide bonds. The lowest BCUT2D eigenvalue weighted by Gasteiger charge is -2.36. The third-order valence-corrected chi connectivity index (χ3v) is 4.66. The van der Waals surface area contributed by atoms with Crippen LogP contribution in [0.1, 0.15) is 19.0 Å². The number of nitrogens with one attached hydrogen (secondary N) is 1. The van der Waals surface area contributed by atoms with Crippen molar-refractivity contribution >= 4 is 6.03 Å². The SMILES string of the molecule is CCn1nccc1CN1CC[C@H]2[C@@H](C1)NC(=O)N2CCOC.